The summed E-state index contributed by atoms with van der Waals surface area (Å²) in [5.41, 5.74) is 3.93. The van der Waals surface area contributed by atoms with Crippen LogP contribution in [0.15, 0.2) is 60.2 Å². The van der Waals surface area contributed by atoms with E-state index in [-0.39, 0.29) is 24.5 Å². The Hall–Kier alpha value is -3.48. The fourth-order valence-electron chi connectivity index (χ4n) is 2.25. The van der Waals surface area contributed by atoms with Gasteiger partial charge in [0, 0.05) is 24.1 Å². The molecule has 0 aliphatic rings. The number of amides is 2. The number of carbonyl (C=O) groups excluding carboxylic acids is 2. The van der Waals surface area contributed by atoms with Crippen LogP contribution in [-0.4, -0.2) is 23.1 Å². The molecule has 7 heteroatoms. The van der Waals surface area contributed by atoms with Crippen molar-refractivity contribution in [3.05, 3.63) is 72.1 Å². The van der Waals surface area contributed by atoms with Crippen LogP contribution in [0.2, 0.25) is 0 Å². The summed E-state index contributed by atoms with van der Waals surface area (Å²) in [6, 6.07) is 10.5. The second-order valence-electron chi connectivity index (χ2n) is 5.70. The van der Waals surface area contributed by atoms with Crippen LogP contribution in [0.1, 0.15) is 24.0 Å². The molecule has 2 aromatic rings. The highest BCUT2D eigenvalue weighted by Crippen LogP contribution is 2.21. The first kappa shape index (κ1) is 19.8. The minimum Gasteiger partial charge on any atom is -0.507 e. The van der Waals surface area contributed by atoms with Crippen molar-refractivity contribution in [2.75, 3.05) is 5.32 Å². The molecule has 0 bridgehead atoms. The summed E-state index contributed by atoms with van der Waals surface area (Å²) in [7, 11) is 0. The van der Waals surface area contributed by atoms with Crippen LogP contribution in [0.3, 0.4) is 0 Å². The van der Waals surface area contributed by atoms with Crippen molar-refractivity contribution in [2.45, 2.75) is 19.3 Å². The Bertz CT molecular complexity index is 848. The number of hydrazone groups is 1. The number of nitrogens with zero attached hydrogens (tertiary/aromatic N) is 1. The van der Waals surface area contributed by atoms with Gasteiger partial charge < -0.3 is 10.4 Å². The van der Waals surface area contributed by atoms with Crippen LogP contribution >= 0.6 is 0 Å². The predicted molar refractivity (Wildman–Crippen MR) is 102 cm³/mol. The normalized spacial score (nSPS) is 10.6. The molecule has 0 aliphatic carbocycles. The SMILES string of the molecule is C=CCc1cccc(C=NNC(=O)CCC(=O)Nc2ccc(F)cc2)c1O. The predicted octanol–water partition coefficient (Wildman–Crippen LogP) is 3.13. The Balaban J connectivity index is 1.79. The van der Waals surface area contributed by atoms with Gasteiger partial charge in [0.05, 0.1) is 6.21 Å². The zero-order valence-corrected chi connectivity index (χ0v) is 14.6. The first-order valence-electron chi connectivity index (χ1n) is 8.28. The average Bonchev–Trinajstić information content (AvgIpc) is 2.65. The third kappa shape index (κ3) is 6.39. The summed E-state index contributed by atoms with van der Waals surface area (Å²) < 4.78 is 12.8. The first-order chi connectivity index (χ1) is 13.0. The van der Waals surface area contributed by atoms with Crippen LogP contribution in [0, 0.1) is 5.82 Å². The number of hydrogen-bond acceptors (Lipinski definition) is 4. The van der Waals surface area contributed by atoms with Gasteiger partial charge in [-0.2, -0.15) is 5.10 Å². The zero-order valence-electron chi connectivity index (χ0n) is 14.6. The molecule has 140 valence electrons. The minimum atomic E-state index is -0.442. The second kappa shape index (κ2) is 9.86. The van der Waals surface area contributed by atoms with Crippen molar-refractivity contribution in [1.29, 1.82) is 0 Å². The maximum atomic E-state index is 12.8. The molecule has 0 aliphatic heterocycles. The average molecular weight is 369 g/mol. The highest BCUT2D eigenvalue weighted by atomic mass is 19.1. The quantitative estimate of drug-likeness (QED) is 0.379. The van der Waals surface area contributed by atoms with Gasteiger partial charge in [0.15, 0.2) is 0 Å². The second-order valence-corrected chi connectivity index (χ2v) is 5.70. The van der Waals surface area contributed by atoms with Crippen molar-refractivity contribution in [2.24, 2.45) is 5.10 Å². The lowest BCUT2D eigenvalue weighted by atomic mass is 10.1. The molecule has 0 saturated heterocycles. The van der Waals surface area contributed by atoms with Gasteiger partial charge in [0.1, 0.15) is 11.6 Å². The fourth-order valence-corrected chi connectivity index (χ4v) is 2.25. The maximum absolute atomic E-state index is 12.8. The van der Waals surface area contributed by atoms with E-state index in [9.17, 15) is 19.1 Å². The van der Waals surface area contributed by atoms with Gasteiger partial charge in [-0.25, -0.2) is 9.82 Å². The third-order valence-electron chi connectivity index (χ3n) is 3.62. The molecule has 0 aromatic heterocycles. The van der Waals surface area contributed by atoms with Crippen molar-refractivity contribution in [3.8, 4) is 5.75 Å². The molecule has 0 unspecified atom stereocenters. The molecule has 2 rings (SSSR count). The Morgan fingerprint density at radius 3 is 2.52 bits per heavy atom. The van der Waals surface area contributed by atoms with Gasteiger partial charge in [-0.3, -0.25) is 9.59 Å². The molecule has 3 N–H and O–H groups in total. The van der Waals surface area contributed by atoms with Gasteiger partial charge in [0.25, 0.3) is 0 Å². The largest absolute Gasteiger partial charge is 0.507 e. The molecule has 2 aromatic carbocycles. The smallest absolute Gasteiger partial charge is 0.240 e. The molecule has 0 fully saturated rings. The first-order valence-corrected chi connectivity index (χ1v) is 8.28. The molecular weight excluding hydrogens is 349 g/mol. The van der Waals surface area contributed by atoms with Crippen molar-refractivity contribution < 1.29 is 19.1 Å². The topological polar surface area (TPSA) is 90.8 Å². The summed E-state index contributed by atoms with van der Waals surface area (Å²) in [6.07, 6.45) is 3.42. The molecular formula is C20H20FN3O3. The van der Waals surface area contributed by atoms with Gasteiger partial charge in [-0.1, -0.05) is 18.2 Å². The van der Waals surface area contributed by atoms with Crippen LogP contribution in [0.25, 0.3) is 0 Å². The number of allylic oxidation sites excluding steroid dienone is 1. The van der Waals surface area contributed by atoms with Gasteiger partial charge in [-0.05, 0) is 42.3 Å². The lowest BCUT2D eigenvalue weighted by molar-refractivity contribution is -0.124. The molecule has 0 saturated carbocycles. The molecule has 0 radical (unpaired) electrons. The molecule has 0 spiro atoms. The Morgan fingerprint density at radius 2 is 1.81 bits per heavy atom. The van der Waals surface area contributed by atoms with Gasteiger partial charge in [-0.15, -0.1) is 6.58 Å². The van der Waals surface area contributed by atoms with Crippen molar-refractivity contribution >= 4 is 23.7 Å². The Morgan fingerprint density at radius 1 is 1.11 bits per heavy atom. The summed E-state index contributed by atoms with van der Waals surface area (Å²) in [5.74, 6) is -1.13. The van der Waals surface area contributed by atoms with Crippen LogP contribution in [0.5, 0.6) is 5.75 Å². The molecule has 6 nitrogen and oxygen atoms in total. The number of halogens is 1. The summed E-state index contributed by atoms with van der Waals surface area (Å²) >= 11 is 0. The van der Waals surface area contributed by atoms with Crippen LogP contribution < -0.4 is 10.7 Å². The number of phenolic OH excluding ortho intramolecular Hbond substituents is 1. The van der Waals surface area contributed by atoms with E-state index in [1.165, 1.54) is 30.5 Å². The lowest BCUT2D eigenvalue weighted by Gasteiger charge is -2.05. The Labute approximate surface area is 156 Å². The summed E-state index contributed by atoms with van der Waals surface area (Å²) in [6.45, 7) is 3.63. The number of benzene rings is 2. The number of nitrogens with one attached hydrogen (secondary N) is 2. The highest BCUT2D eigenvalue weighted by molar-refractivity contribution is 5.93. The fraction of sp³-hybridized carbons (Fsp3) is 0.150. The van der Waals surface area contributed by atoms with Crippen LogP contribution in [0.4, 0.5) is 10.1 Å². The van der Waals surface area contributed by atoms with E-state index in [1.807, 2.05) is 0 Å². The number of anilines is 1. The Kier molecular flexibility index (Phi) is 7.25. The number of para-hydroxylation sites is 1. The number of phenols is 1. The zero-order chi connectivity index (χ0) is 19.6. The molecule has 0 heterocycles. The lowest BCUT2D eigenvalue weighted by Crippen LogP contribution is -2.20. The monoisotopic (exact) mass is 369 g/mol. The van der Waals surface area contributed by atoms with Gasteiger partial charge in [0.2, 0.25) is 11.8 Å². The summed E-state index contributed by atoms with van der Waals surface area (Å²) in [5, 5.41) is 16.4. The van der Waals surface area contributed by atoms with Crippen LogP contribution in [-0.2, 0) is 16.0 Å². The van der Waals surface area contributed by atoms with Crippen molar-refractivity contribution in [3.63, 3.8) is 0 Å². The maximum Gasteiger partial charge on any atom is 0.240 e. The highest BCUT2D eigenvalue weighted by Gasteiger charge is 2.07. The van der Waals surface area contributed by atoms with E-state index in [0.717, 1.165) is 0 Å². The van der Waals surface area contributed by atoms with E-state index in [1.54, 1.807) is 24.3 Å². The van der Waals surface area contributed by atoms with E-state index >= 15 is 0 Å². The number of hydrogen-bond donors (Lipinski definition) is 3. The van der Waals surface area contributed by atoms with Gasteiger partial charge >= 0.3 is 0 Å². The molecule has 2 amide bonds. The van der Waals surface area contributed by atoms with E-state index in [4.69, 9.17) is 0 Å². The number of carbonyl (C=O) groups is 2. The van der Waals surface area contributed by atoms with E-state index in [0.29, 0.717) is 23.2 Å². The standard InChI is InChI=1S/C20H20FN3O3/c1-2-4-14-5-3-6-15(20(14)27)13-22-24-19(26)12-11-18(25)23-17-9-7-16(21)8-10-17/h2-3,5-10,13,27H,1,4,11-12H2,(H,23,25)(H,24,26). The van der Waals surface area contributed by atoms with E-state index in [2.05, 4.69) is 22.4 Å². The van der Waals surface area contributed by atoms with Crippen molar-refractivity contribution in [1.82, 2.24) is 5.43 Å². The molecule has 0 atom stereocenters. The molecule has 27 heavy (non-hydrogen) atoms. The van der Waals surface area contributed by atoms with E-state index < -0.39 is 11.7 Å². The minimum absolute atomic E-state index is 0.0429. The number of aromatic hydroxyl groups is 1. The third-order valence-corrected chi connectivity index (χ3v) is 3.62. The summed E-state index contributed by atoms with van der Waals surface area (Å²) in [4.78, 5) is 23.5. The number of rotatable bonds is 8.